The van der Waals surface area contributed by atoms with Crippen LogP contribution in [0.3, 0.4) is 0 Å². The van der Waals surface area contributed by atoms with Crippen molar-refractivity contribution in [1.29, 1.82) is 0 Å². The van der Waals surface area contributed by atoms with E-state index in [0.717, 1.165) is 24.3 Å². The fraction of sp³-hybridized carbons (Fsp3) is 0.231. The number of para-hydroxylation sites is 1. The first-order valence-corrected chi connectivity index (χ1v) is 5.70. The van der Waals surface area contributed by atoms with Gasteiger partial charge >= 0.3 is 0 Å². The molecule has 0 unspecified atom stereocenters. The molecule has 0 spiro atoms. The van der Waals surface area contributed by atoms with E-state index in [4.69, 9.17) is 0 Å². The number of carbonyl (C=O) groups excluding carboxylic acids is 1. The van der Waals surface area contributed by atoms with Gasteiger partial charge in [0.25, 0.3) is 0 Å². The second-order valence-electron chi connectivity index (χ2n) is 4.18. The quantitative estimate of drug-likeness (QED) is 0.846. The number of aromatic nitrogens is 2. The second-order valence-corrected chi connectivity index (χ2v) is 4.18. The number of amides is 1. The van der Waals surface area contributed by atoms with Crippen molar-refractivity contribution in [2.75, 3.05) is 11.4 Å². The average Bonchev–Trinajstić information content (AvgIpc) is 2.96. The Kier molecular flexibility index (Phi) is 2.40. The maximum Gasteiger partial charge on any atom is 0.232 e. The third-order valence-electron chi connectivity index (χ3n) is 3.08. The fourth-order valence-corrected chi connectivity index (χ4v) is 2.24. The fourth-order valence-electron chi connectivity index (χ4n) is 2.24. The van der Waals surface area contributed by atoms with Crippen LogP contribution in [0.5, 0.6) is 0 Å². The summed E-state index contributed by atoms with van der Waals surface area (Å²) in [6, 6.07) is 8.08. The van der Waals surface area contributed by atoms with Gasteiger partial charge < -0.3 is 9.88 Å². The molecular weight excluding hydrogens is 214 g/mol. The molecule has 3 rings (SSSR count). The molecule has 1 amide bonds. The van der Waals surface area contributed by atoms with Gasteiger partial charge in [-0.2, -0.15) is 0 Å². The lowest BCUT2D eigenvalue weighted by atomic mass is 10.2. The highest BCUT2D eigenvalue weighted by atomic mass is 16.2. The molecular formula is C13H13N3O. The first-order chi connectivity index (χ1) is 8.34. The minimum atomic E-state index is 0.124. The molecule has 0 aliphatic carbocycles. The predicted octanol–water partition coefficient (Wildman–Crippen LogP) is 1.54. The van der Waals surface area contributed by atoms with Crippen LogP contribution < -0.4 is 4.90 Å². The van der Waals surface area contributed by atoms with Gasteiger partial charge in [0.2, 0.25) is 5.91 Å². The van der Waals surface area contributed by atoms with Gasteiger partial charge in [0.1, 0.15) is 0 Å². The van der Waals surface area contributed by atoms with Crippen molar-refractivity contribution in [2.24, 2.45) is 0 Å². The normalized spacial score (nSPS) is 13.8. The number of nitrogens with zero attached hydrogens (tertiary/aromatic N) is 2. The number of hydrogen-bond acceptors (Lipinski definition) is 2. The van der Waals surface area contributed by atoms with Gasteiger partial charge in [0, 0.05) is 24.1 Å². The Morgan fingerprint density at radius 3 is 3.12 bits per heavy atom. The van der Waals surface area contributed by atoms with E-state index in [9.17, 15) is 4.79 Å². The molecule has 0 atom stereocenters. The minimum absolute atomic E-state index is 0.124. The first-order valence-electron chi connectivity index (χ1n) is 5.70. The van der Waals surface area contributed by atoms with E-state index in [2.05, 4.69) is 16.0 Å². The van der Waals surface area contributed by atoms with Gasteiger partial charge in [-0.1, -0.05) is 18.2 Å². The molecule has 4 heteroatoms. The van der Waals surface area contributed by atoms with Crippen LogP contribution in [0.2, 0.25) is 0 Å². The number of nitrogens with one attached hydrogen (secondary N) is 1. The maximum atomic E-state index is 12.2. The summed E-state index contributed by atoms with van der Waals surface area (Å²) in [4.78, 5) is 20.9. The number of anilines is 1. The molecule has 0 fully saturated rings. The molecule has 2 aromatic rings. The van der Waals surface area contributed by atoms with Crippen LogP contribution in [0, 0.1) is 0 Å². The standard InChI is InChI=1S/C13H13N3O/c17-13(7-11-8-14-9-15-11)16-6-5-10-3-1-2-4-12(10)16/h1-4,8-9H,5-7H2,(H,14,15). The molecule has 1 N–H and O–H groups in total. The molecule has 1 aliphatic heterocycles. The lowest BCUT2D eigenvalue weighted by Crippen LogP contribution is -2.30. The van der Waals surface area contributed by atoms with Gasteiger partial charge in [-0.15, -0.1) is 0 Å². The van der Waals surface area contributed by atoms with E-state index >= 15 is 0 Å². The van der Waals surface area contributed by atoms with E-state index in [1.165, 1.54) is 5.56 Å². The van der Waals surface area contributed by atoms with Gasteiger partial charge in [-0.05, 0) is 18.1 Å². The maximum absolute atomic E-state index is 12.2. The van der Waals surface area contributed by atoms with Crippen molar-refractivity contribution < 1.29 is 4.79 Å². The summed E-state index contributed by atoms with van der Waals surface area (Å²) in [5.74, 6) is 0.124. The Labute approximate surface area is 99.3 Å². The SMILES string of the molecule is O=C(Cc1cnc[nH]1)N1CCc2ccccc21. The largest absolute Gasteiger partial charge is 0.348 e. The number of fused-ring (bicyclic) bond motifs is 1. The lowest BCUT2D eigenvalue weighted by molar-refractivity contribution is -0.117. The number of imidazole rings is 1. The number of hydrogen-bond donors (Lipinski definition) is 1. The van der Waals surface area contributed by atoms with Crippen LogP contribution in [0.25, 0.3) is 0 Å². The number of H-pyrrole nitrogens is 1. The van der Waals surface area contributed by atoms with E-state index in [1.807, 2.05) is 23.1 Å². The lowest BCUT2D eigenvalue weighted by Gasteiger charge is -2.16. The molecule has 0 saturated carbocycles. The second kappa shape index (κ2) is 4.05. The molecule has 0 bridgehead atoms. The van der Waals surface area contributed by atoms with Crippen LogP contribution in [-0.4, -0.2) is 22.4 Å². The number of rotatable bonds is 2. The predicted molar refractivity (Wildman–Crippen MR) is 64.8 cm³/mol. The zero-order valence-electron chi connectivity index (χ0n) is 9.39. The van der Waals surface area contributed by atoms with Crippen LogP contribution >= 0.6 is 0 Å². The summed E-state index contributed by atoms with van der Waals surface area (Å²) in [6.45, 7) is 0.784. The Bertz CT molecular complexity index is 533. The first kappa shape index (κ1) is 10.1. The molecule has 1 aromatic heterocycles. The monoisotopic (exact) mass is 227 g/mol. The Morgan fingerprint density at radius 2 is 2.29 bits per heavy atom. The third-order valence-corrected chi connectivity index (χ3v) is 3.08. The Morgan fingerprint density at radius 1 is 1.41 bits per heavy atom. The van der Waals surface area contributed by atoms with Gasteiger partial charge in [0.15, 0.2) is 0 Å². The van der Waals surface area contributed by atoms with Crippen LogP contribution in [0.15, 0.2) is 36.8 Å². The van der Waals surface area contributed by atoms with Crippen molar-refractivity contribution >= 4 is 11.6 Å². The molecule has 0 radical (unpaired) electrons. The van der Waals surface area contributed by atoms with Crippen LogP contribution in [0.4, 0.5) is 5.69 Å². The summed E-state index contributed by atoms with van der Waals surface area (Å²) in [6.07, 6.45) is 4.62. The molecule has 1 aliphatic rings. The molecule has 86 valence electrons. The topological polar surface area (TPSA) is 49.0 Å². The minimum Gasteiger partial charge on any atom is -0.348 e. The zero-order valence-corrected chi connectivity index (χ0v) is 9.39. The smallest absolute Gasteiger partial charge is 0.232 e. The third kappa shape index (κ3) is 1.82. The number of carbonyl (C=O) groups is 1. The van der Waals surface area contributed by atoms with Gasteiger partial charge in [0.05, 0.1) is 12.7 Å². The van der Waals surface area contributed by atoms with Crippen molar-refractivity contribution in [3.63, 3.8) is 0 Å². The Hall–Kier alpha value is -2.10. The highest BCUT2D eigenvalue weighted by Crippen LogP contribution is 2.27. The summed E-state index contributed by atoms with van der Waals surface area (Å²) in [7, 11) is 0. The van der Waals surface area contributed by atoms with E-state index in [1.54, 1.807) is 12.5 Å². The molecule has 2 heterocycles. The van der Waals surface area contributed by atoms with E-state index in [0.29, 0.717) is 6.42 Å². The Balaban J connectivity index is 1.80. The summed E-state index contributed by atoms with van der Waals surface area (Å²) in [5, 5.41) is 0. The molecule has 0 saturated heterocycles. The van der Waals surface area contributed by atoms with Crippen molar-refractivity contribution in [2.45, 2.75) is 12.8 Å². The van der Waals surface area contributed by atoms with Crippen LogP contribution in [0.1, 0.15) is 11.3 Å². The summed E-state index contributed by atoms with van der Waals surface area (Å²) >= 11 is 0. The van der Waals surface area contributed by atoms with Crippen molar-refractivity contribution in [3.05, 3.63) is 48.0 Å². The van der Waals surface area contributed by atoms with E-state index < -0.39 is 0 Å². The number of benzene rings is 1. The summed E-state index contributed by atoms with van der Waals surface area (Å²) < 4.78 is 0. The molecule has 4 nitrogen and oxygen atoms in total. The van der Waals surface area contributed by atoms with Gasteiger partial charge in [-0.3, -0.25) is 4.79 Å². The van der Waals surface area contributed by atoms with Crippen molar-refractivity contribution in [1.82, 2.24) is 9.97 Å². The summed E-state index contributed by atoms with van der Waals surface area (Å²) in [5.41, 5.74) is 3.17. The van der Waals surface area contributed by atoms with Crippen LogP contribution in [-0.2, 0) is 17.6 Å². The van der Waals surface area contributed by atoms with E-state index in [-0.39, 0.29) is 5.91 Å². The highest BCUT2D eigenvalue weighted by Gasteiger charge is 2.24. The number of aromatic amines is 1. The molecule has 1 aromatic carbocycles. The highest BCUT2D eigenvalue weighted by molar-refractivity contribution is 5.96. The van der Waals surface area contributed by atoms with Gasteiger partial charge in [-0.25, -0.2) is 4.98 Å². The molecule has 17 heavy (non-hydrogen) atoms. The van der Waals surface area contributed by atoms with Crippen molar-refractivity contribution in [3.8, 4) is 0 Å². The zero-order chi connectivity index (χ0) is 11.7. The average molecular weight is 227 g/mol.